The SMILES string of the molecule is C=C1CCC(O)CC1=C/C=C1\CCC[C@]2(C)[C@@H]([C@H](C)CCCC(C)(C)O)CC[C@@H]12.O. The highest BCUT2D eigenvalue weighted by Gasteiger charge is 2.50. The molecule has 3 aliphatic rings. The van der Waals surface area contributed by atoms with E-state index < -0.39 is 5.60 Å². The van der Waals surface area contributed by atoms with Crippen molar-refractivity contribution in [1.29, 1.82) is 0 Å². The fourth-order valence-electron chi connectivity index (χ4n) is 6.67. The molecule has 3 aliphatic carbocycles. The van der Waals surface area contributed by atoms with E-state index in [2.05, 4.69) is 32.6 Å². The summed E-state index contributed by atoms with van der Waals surface area (Å²) in [6, 6.07) is 0. The molecule has 0 spiro atoms. The summed E-state index contributed by atoms with van der Waals surface area (Å²) < 4.78 is 0. The zero-order chi connectivity index (χ0) is 21.2. The number of allylic oxidation sites excluding steroid dienone is 4. The molecule has 3 fully saturated rings. The van der Waals surface area contributed by atoms with E-state index in [0.717, 1.165) is 49.9 Å². The minimum Gasteiger partial charge on any atom is -0.412 e. The number of hydrogen-bond donors (Lipinski definition) is 2. The van der Waals surface area contributed by atoms with E-state index in [9.17, 15) is 10.2 Å². The smallest absolute Gasteiger partial charge is 0.0591 e. The minimum atomic E-state index is -0.535. The Hall–Kier alpha value is -0.900. The van der Waals surface area contributed by atoms with Gasteiger partial charge in [-0.15, -0.1) is 0 Å². The normalized spacial score (nSPS) is 35.9. The fourth-order valence-corrected chi connectivity index (χ4v) is 6.67. The summed E-state index contributed by atoms with van der Waals surface area (Å²) in [6.45, 7) is 13.1. The Labute approximate surface area is 184 Å². The molecule has 0 saturated heterocycles. The van der Waals surface area contributed by atoms with Crippen LogP contribution in [0, 0.1) is 23.2 Å². The maximum atomic E-state index is 10.0. The highest BCUT2D eigenvalue weighted by molar-refractivity contribution is 5.36. The zero-order valence-electron chi connectivity index (χ0n) is 19.8. The lowest BCUT2D eigenvalue weighted by atomic mass is 9.60. The van der Waals surface area contributed by atoms with Crippen LogP contribution in [0.2, 0.25) is 0 Å². The van der Waals surface area contributed by atoms with Gasteiger partial charge in [-0.2, -0.15) is 0 Å². The Bertz CT molecular complexity index is 654. The average Bonchev–Trinajstić information content (AvgIpc) is 2.99. The summed E-state index contributed by atoms with van der Waals surface area (Å²) in [5.41, 5.74) is 4.02. The van der Waals surface area contributed by atoms with Crippen LogP contribution in [0.4, 0.5) is 0 Å². The number of rotatable bonds is 6. The van der Waals surface area contributed by atoms with Gasteiger partial charge < -0.3 is 15.7 Å². The van der Waals surface area contributed by atoms with Crippen molar-refractivity contribution in [3.05, 3.63) is 35.5 Å². The Morgan fingerprint density at radius 3 is 2.63 bits per heavy atom. The first-order valence-electron chi connectivity index (χ1n) is 12.1. The summed E-state index contributed by atoms with van der Waals surface area (Å²) in [4.78, 5) is 0. The summed E-state index contributed by atoms with van der Waals surface area (Å²) in [6.07, 6.45) is 16.9. The van der Waals surface area contributed by atoms with Gasteiger partial charge in [0, 0.05) is 0 Å². The monoisotopic (exact) mass is 418 g/mol. The third kappa shape index (κ3) is 5.87. The predicted molar refractivity (Wildman–Crippen MR) is 126 cm³/mol. The van der Waals surface area contributed by atoms with Gasteiger partial charge in [-0.25, -0.2) is 0 Å². The quantitative estimate of drug-likeness (QED) is 0.563. The summed E-state index contributed by atoms with van der Waals surface area (Å²) in [7, 11) is 0. The van der Waals surface area contributed by atoms with E-state index in [0.29, 0.717) is 5.41 Å². The highest BCUT2D eigenvalue weighted by atomic mass is 16.3. The number of hydrogen-bond acceptors (Lipinski definition) is 2. The molecule has 3 rings (SSSR count). The second-order valence-corrected chi connectivity index (χ2v) is 11.2. The largest absolute Gasteiger partial charge is 0.412 e. The molecular weight excluding hydrogens is 372 g/mol. The van der Waals surface area contributed by atoms with Crippen LogP contribution in [-0.2, 0) is 0 Å². The molecule has 0 radical (unpaired) electrons. The first kappa shape index (κ1) is 25.4. The zero-order valence-corrected chi connectivity index (χ0v) is 19.8. The molecule has 4 N–H and O–H groups in total. The molecule has 0 amide bonds. The standard InChI is InChI=1S/C27H44O2.H2O/c1-19-10-13-23(28)18-22(19)12-11-21-9-7-17-27(5)24(14-15-25(21)27)20(2)8-6-16-26(3,4)29;/h11-12,20,23-25,28-29H,1,6-10,13-18H2,2-5H3;1H2/b21-11+,22-12?;/t20-,23?,24-,25+,27-;/m1./s1. The van der Waals surface area contributed by atoms with Crippen molar-refractivity contribution in [2.24, 2.45) is 23.2 Å². The molecule has 0 aromatic heterocycles. The molecule has 3 heteroatoms. The van der Waals surface area contributed by atoms with E-state index >= 15 is 0 Å². The van der Waals surface area contributed by atoms with Gasteiger partial charge in [-0.3, -0.25) is 0 Å². The second-order valence-electron chi connectivity index (χ2n) is 11.2. The van der Waals surface area contributed by atoms with Gasteiger partial charge in [0.15, 0.2) is 0 Å². The molecule has 172 valence electrons. The van der Waals surface area contributed by atoms with Crippen LogP contribution >= 0.6 is 0 Å². The van der Waals surface area contributed by atoms with Crippen molar-refractivity contribution in [1.82, 2.24) is 0 Å². The Morgan fingerprint density at radius 1 is 1.20 bits per heavy atom. The van der Waals surface area contributed by atoms with E-state index in [1.54, 1.807) is 5.57 Å². The van der Waals surface area contributed by atoms with E-state index in [4.69, 9.17) is 0 Å². The first-order valence-corrected chi connectivity index (χ1v) is 12.1. The second kappa shape index (κ2) is 10.1. The molecule has 30 heavy (non-hydrogen) atoms. The summed E-state index contributed by atoms with van der Waals surface area (Å²) >= 11 is 0. The van der Waals surface area contributed by atoms with Crippen LogP contribution in [-0.4, -0.2) is 27.4 Å². The lowest BCUT2D eigenvalue weighted by molar-refractivity contribution is 0.0596. The number of aliphatic hydroxyl groups is 2. The average molecular weight is 419 g/mol. The van der Waals surface area contributed by atoms with Gasteiger partial charge in [0.25, 0.3) is 0 Å². The van der Waals surface area contributed by atoms with E-state index in [1.165, 1.54) is 49.7 Å². The molecular formula is C27H46O3. The molecule has 3 nitrogen and oxygen atoms in total. The Morgan fingerprint density at radius 2 is 1.93 bits per heavy atom. The van der Waals surface area contributed by atoms with Crippen LogP contribution in [0.5, 0.6) is 0 Å². The van der Waals surface area contributed by atoms with Gasteiger partial charge in [0.2, 0.25) is 0 Å². The third-order valence-electron chi connectivity index (χ3n) is 8.36. The molecule has 1 unspecified atom stereocenters. The molecule has 3 saturated carbocycles. The van der Waals surface area contributed by atoms with Crippen molar-refractivity contribution in [2.45, 2.75) is 110 Å². The Balaban J connectivity index is 0.00000320. The van der Waals surface area contributed by atoms with Crippen LogP contribution in [0.1, 0.15) is 98.3 Å². The number of aliphatic hydroxyl groups excluding tert-OH is 1. The van der Waals surface area contributed by atoms with Crippen molar-refractivity contribution in [2.75, 3.05) is 0 Å². The molecule has 0 aromatic rings. The fraction of sp³-hybridized carbons (Fsp3) is 0.778. The first-order chi connectivity index (χ1) is 13.6. The van der Waals surface area contributed by atoms with E-state index in [1.807, 2.05) is 13.8 Å². The lowest BCUT2D eigenvalue weighted by Crippen LogP contribution is -2.36. The predicted octanol–water partition coefficient (Wildman–Crippen LogP) is 5.91. The van der Waals surface area contributed by atoms with Crippen molar-refractivity contribution in [3.8, 4) is 0 Å². The van der Waals surface area contributed by atoms with Crippen LogP contribution in [0.3, 0.4) is 0 Å². The molecule has 0 heterocycles. The summed E-state index contributed by atoms with van der Waals surface area (Å²) in [5.74, 6) is 2.26. The Kier molecular flexibility index (Phi) is 8.58. The van der Waals surface area contributed by atoms with Crippen molar-refractivity contribution >= 4 is 0 Å². The summed E-state index contributed by atoms with van der Waals surface area (Å²) in [5, 5.41) is 20.1. The highest BCUT2D eigenvalue weighted by Crippen LogP contribution is 2.60. The van der Waals surface area contributed by atoms with Crippen LogP contribution in [0.25, 0.3) is 0 Å². The maximum absolute atomic E-state index is 10.0. The molecule has 0 aliphatic heterocycles. The number of fused-ring (bicyclic) bond motifs is 1. The van der Waals surface area contributed by atoms with Gasteiger partial charge in [0.05, 0.1) is 11.7 Å². The van der Waals surface area contributed by atoms with E-state index in [-0.39, 0.29) is 11.6 Å². The van der Waals surface area contributed by atoms with Gasteiger partial charge in [0.1, 0.15) is 0 Å². The van der Waals surface area contributed by atoms with Crippen molar-refractivity contribution < 1.29 is 15.7 Å². The van der Waals surface area contributed by atoms with Gasteiger partial charge >= 0.3 is 0 Å². The molecule has 0 bridgehead atoms. The topological polar surface area (TPSA) is 72.0 Å². The van der Waals surface area contributed by atoms with Crippen molar-refractivity contribution in [3.63, 3.8) is 0 Å². The van der Waals surface area contributed by atoms with Crippen LogP contribution < -0.4 is 0 Å². The minimum absolute atomic E-state index is 0. The molecule has 0 aromatic carbocycles. The lowest BCUT2D eigenvalue weighted by Gasteiger charge is -2.44. The third-order valence-corrected chi connectivity index (χ3v) is 8.36. The molecule has 5 atom stereocenters. The van der Waals surface area contributed by atoms with Gasteiger partial charge in [-0.05, 0) is 100 Å². The van der Waals surface area contributed by atoms with Gasteiger partial charge in [-0.1, -0.05) is 56.6 Å². The maximum Gasteiger partial charge on any atom is 0.0591 e. The van der Waals surface area contributed by atoms with Crippen LogP contribution in [0.15, 0.2) is 35.5 Å².